The van der Waals surface area contributed by atoms with E-state index in [1.807, 2.05) is 43.3 Å². The van der Waals surface area contributed by atoms with Crippen molar-refractivity contribution in [2.75, 3.05) is 6.54 Å². The van der Waals surface area contributed by atoms with E-state index in [-0.39, 0.29) is 10.9 Å². The molecule has 1 aliphatic rings. The van der Waals surface area contributed by atoms with E-state index in [1.165, 1.54) is 5.56 Å². The number of alkyl halides is 1. The van der Waals surface area contributed by atoms with Crippen LogP contribution in [0.4, 0.5) is 0 Å². The van der Waals surface area contributed by atoms with Gasteiger partial charge in [-0.1, -0.05) is 59.5 Å². The first-order valence-electron chi connectivity index (χ1n) is 7.98. The number of ether oxygens (including phenoxy) is 1. The number of halogens is 1. The van der Waals surface area contributed by atoms with Crippen molar-refractivity contribution >= 4 is 34.0 Å². The molecule has 3 nitrogen and oxygen atoms in total. The molecular formula is C18H26INO2S. The van der Waals surface area contributed by atoms with Gasteiger partial charge in [-0.05, 0) is 39.2 Å². The van der Waals surface area contributed by atoms with Crippen molar-refractivity contribution in [3.63, 3.8) is 0 Å². The molecule has 1 aromatic rings. The average molecular weight is 447 g/mol. The van der Waals surface area contributed by atoms with Crippen LogP contribution in [0.3, 0.4) is 0 Å². The summed E-state index contributed by atoms with van der Waals surface area (Å²) < 4.78 is 21.0. The van der Waals surface area contributed by atoms with Gasteiger partial charge in [0.25, 0.3) is 0 Å². The Morgan fingerprint density at radius 3 is 2.52 bits per heavy atom. The van der Waals surface area contributed by atoms with Gasteiger partial charge in [0.15, 0.2) is 0 Å². The first-order chi connectivity index (χ1) is 10.8. The Bertz CT molecular complexity index is 518. The van der Waals surface area contributed by atoms with Gasteiger partial charge in [0.2, 0.25) is 0 Å². The van der Waals surface area contributed by atoms with E-state index < -0.39 is 11.4 Å². The van der Waals surface area contributed by atoms with Gasteiger partial charge in [0.1, 0.15) is 16.6 Å². The third-order valence-electron chi connectivity index (χ3n) is 3.78. The molecule has 0 spiro atoms. The average Bonchev–Trinajstić information content (AvgIpc) is 2.49. The lowest BCUT2D eigenvalue weighted by molar-refractivity contribution is 0.0628. The third-order valence-corrected chi connectivity index (χ3v) is 6.89. The molecule has 5 heteroatoms. The predicted octanol–water partition coefficient (Wildman–Crippen LogP) is 4.45. The fraction of sp³-hybridized carbons (Fsp3) is 0.556. The maximum absolute atomic E-state index is 12.9. The first-order valence-corrected chi connectivity index (χ1v) is 10.3. The van der Waals surface area contributed by atoms with Crippen LogP contribution in [0.25, 0.3) is 0 Å². The van der Waals surface area contributed by atoms with Crippen molar-refractivity contribution in [1.29, 1.82) is 0 Å². The van der Waals surface area contributed by atoms with Crippen LogP contribution in [0.15, 0.2) is 42.7 Å². The monoisotopic (exact) mass is 447 g/mol. The number of nitrogens with zero attached hydrogens (tertiary/aromatic N) is 1. The molecule has 1 aromatic carbocycles. The molecule has 1 unspecified atom stereocenters. The Morgan fingerprint density at radius 2 is 1.96 bits per heavy atom. The summed E-state index contributed by atoms with van der Waals surface area (Å²) in [6.45, 7) is 11.4. The van der Waals surface area contributed by atoms with E-state index in [9.17, 15) is 4.55 Å². The highest BCUT2D eigenvalue weighted by Gasteiger charge is 2.36. The molecule has 0 aliphatic carbocycles. The quantitative estimate of drug-likeness (QED) is 0.380. The summed E-state index contributed by atoms with van der Waals surface area (Å²) in [6, 6.07) is 10.2. The van der Waals surface area contributed by atoms with Crippen LogP contribution in [-0.2, 0) is 22.6 Å². The molecule has 1 aliphatic heterocycles. The molecule has 1 fully saturated rings. The molecule has 0 bridgehead atoms. The van der Waals surface area contributed by atoms with Crippen LogP contribution in [0, 0.1) is 0 Å². The molecule has 0 amide bonds. The van der Waals surface area contributed by atoms with E-state index in [2.05, 4.69) is 41.3 Å². The second-order valence-corrected chi connectivity index (χ2v) is 10.7. The first kappa shape index (κ1) is 19.1. The van der Waals surface area contributed by atoms with Gasteiger partial charge < -0.3 is 9.29 Å². The molecule has 0 aromatic heterocycles. The lowest BCUT2D eigenvalue weighted by Crippen LogP contribution is -2.46. The fourth-order valence-corrected chi connectivity index (χ4v) is 4.41. The highest BCUT2D eigenvalue weighted by Crippen LogP contribution is 2.30. The van der Waals surface area contributed by atoms with E-state index in [1.54, 1.807) is 0 Å². The largest absolute Gasteiger partial charge is 0.597 e. The van der Waals surface area contributed by atoms with Crippen molar-refractivity contribution in [3.8, 4) is 0 Å². The van der Waals surface area contributed by atoms with Crippen molar-refractivity contribution in [2.24, 2.45) is 0 Å². The standard InChI is InChI=1S/C18H26INO2S/c1-14-17(19)11-10-16(22-14)13-20(23(21)18(2,3)4)12-15-8-6-5-7-9-15/h5-9,16-17H,1,10-13H2,2-4H3/t16-,17?,23-/m0/s1. The molecule has 0 N–H and O–H groups in total. The number of hydrogen-bond donors (Lipinski definition) is 0. The summed E-state index contributed by atoms with van der Waals surface area (Å²) in [5.41, 5.74) is 1.17. The lowest BCUT2D eigenvalue weighted by atomic mass is 10.1. The maximum atomic E-state index is 12.9. The van der Waals surface area contributed by atoms with Crippen LogP contribution < -0.4 is 0 Å². The zero-order chi connectivity index (χ0) is 17.0. The summed E-state index contributed by atoms with van der Waals surface area (Å²) in [5, 5.41) is 0. The van der Waals surface area contributed by atoms with Gasteiger partial charge in [-0.3, -0.25) is 0 Å². The highest BCUT2D eigenvalue weighted by atomic mass is 127. The molecule has 1 heterocycles. The van der Waals surface area contributed by atoms with Gasteiger partial charge in [0.05, 0.1) is 17.0 Å². The van der Waals surface area contributed by atoms with E-state index >= 15 is 0 Å². The minimum Gasteiger partial charge on any atom is -0.597 e. The number of benzene rings is 1. The Kier molecular flexibility index (Phi) is 6.83. The topological polar surface area (TPSA) is 35.5 Å². The maximum Gasteiger partial charge on any atom is 0.137 e. The minimum atomic E-state index is -1.08. The van der Waals surface area contributed by atoms with Crippen LogP contribution in [0.2, 0.25) is 0 Å². The van der Waals surface area contributed by atoms with Crippen LogP contribution >= 0.6 is 22.6 Å². The molecule has 1 saturated heterocycles. The highest BCUT2D eigenvalue weighted by molar-refractivity contribution is 14.1. The minimum absolute atomic E-state index is 0.0727. The normalized spacial score (nSPS) is 23.7. The summed E-state index contributed by atoms with van der Waals surface area (Å²) in [6.07, 6.45) is 2.13. The van der Waals surface area contributed by atoms with E-state index in [0.717, 1.165) is 18.6 Å². The van der Waals surface area contributed by atoms with Gasteiger partial charge in [-0.2, -0.15) is 0 Å². The summed E-state index contributed by atoms with van der Waals surface area (Å²) in [4.78, 5) is 0. The molecular weight excluding hydrogens is 421 g/mol. The van der Waals surface area contributed by atoms with Crippen LogP contribution in [-0.4, -0.2) is 30.2 Å². The predicted molar refractivity (Wildman–Crippen MR) is 106 cm³/mol. The number of rotatable bonds is 5. The summed E-state index contributed by atoms with van der Waals surface area (Å²) >= 11 is 1.30. The Morgan fingerprint density at radius 1 is 1.30 bits per heavy atom. The van der Waals surface area contributed by atoms with Gasteiger partial charge in [-0.25, -0.2) is 0 Å². The van der Waals surface area contributed by atoms with Gasteiger partial charge in [0, 0.05) is 11.4 Å². The second kappa shape index (κ2) is 8.23. The molecule has 0 radical (unpaired) electrons. The van der Waals surface area contributed by atoms with Crippen molar-refractivity contribution in [3.05, 3.63) is 48.2 Å². The van der Waals surface area contributed by atoms with Crippen molar-refractivity contribution in [1.82, 2.24) is 4.31 Å². The SMILES string of the molecule is C=C1O[C@H](CN(Cc2ccccc2)[S@@+]([O-])C(C)(C)C)CCC1I. The smallest absolute Gasteiger partial charge is 0.137 e. The van der Waals surface area contributed by atoms with Gasteiger partial charge in [-0.15, -0.1) is 4.31 Å². The van der Waals surface area contributed by atoms with E-state index in [0.29, 0.717) is 17.0 Å². The zero-order valence-corrected chi connectivity index (χ0v) is 17.1. The number of hydrogen-bond acceptors (Lipinski definition) is 3. The number of allylic oxidation sites excluding steroid dienone is 1. The lowest BCUT2D eigenvalue weighted by Gasteiger charge is -2.36. The molecule has 2 rings (SSSR count). The van der Waals surface area contributed by atoms with Gasteiger partial charge >= 0.3 is 0 Å². The van der Waals surface area contributed by atoms with Crippen molar-refractivity contribution < 1.29 is 9.29 Å². The summed E-state index contributed by atoms with van der Waals surface area (Å²) in [7, 11) is 0. The zero-order valence-electron chi connectivity index (χ0n) is 14.1. The van der Waals surface area contributed by atoms with Crippen LogP contribution in [0.1, 0.15) is 39.2 Å². The fourth-order valence-electron chi connectivity index (χ4n) is 2.56. The molecule has 0 saturated carbocycles. The molecule has 128 valence electrons. The third kappa shape index (κ3) is 5.66. The van der Waals surface area contributed by atoms with Crippen molar-refractivity contribution in [2.45, 2.75) is 54.9 Å². The van der Waals surface area contributed by atoms with Crippen LogP contribution in [0.5, 0.6) is 0 Å². The molecule has 3 atom stereocenters. The summed E-state index contributed by atoms with van der Waals surface area (Å²) in [5.74, 6) is 0.850. The Labute approximate surface area is 156 Å². The Balaban J connectivity index is 2.08. The Hall–Kier alpha value is -0.240. The molecule has 23 heavy (non-hydrogen) atoms. The second-order valence-electron chi connectivity index (χ2n) is 6.92. The van der Waals surface area contributed by atoms with E-state index in [4.69, 9.17) is 4.74 Å².